The van der Waals surface area contributed by atoms with Crippen LogP contribution in [-0.2, 0) is 4.79 Å². The Labute approximate surface area is 121 Å². The molecular weight excluding hydrogens is 254 g/mol. The number of rotatable bonds is 5. The third-order valence-corrected chi connectivity index (χ3v) is 5.40. The Morgan fingerprint density at radius 1 is 1.30 bits per heavy atom. The Hall–Kier alpha value is -0.650. The summed E-state index contributed by atoms with van der Waals surface area (Å²) in [6, 6.07) is 1.53. The number of nitrogens with one attached hydrogen (secondary N) is 1. The van der Waals surface area contributed by atoms with Crippen LogP contribution in [0.4, 0.5) is 0 Å². The Kier molecular flexibility index (Phi) is 3.77. The molecule has 2 saturated carbocycles. The van der Waals surface area contributed by atoms with Gasteiger partial charge in [-0.2, -0.15) is 0 Å². The van der Waals surface area contributed by atoms with Crippen molar-refractivity contribution < 1.29 is 9.90 Å². The maximum absolute atomic E-state index is 11.7. The number of carboxylic acid groups (broad SMARTS) is 1. The van der Waals surface area contributed by atoms with Gasteiger partial charge in [0.05, 0.1) is 0 Å². The first-order valence-electron chi connectivity index (χ1n) is 7.92. The van der Waals surface area contributed by atoms with Gasteiger partial charge in [-0.05, 0) is 52.6 Å². The lowest BCUT2D eigenvalue weighted by Gasteiger charge is -2.29. The van der Waals surface area contributed by atoms with E-state index in [1.54, 1.807) is 0 Å². The maximum atomic E-state index is 11.7. The van der Waals surface area contributed by atoms with E-state index in [2.05, 4.69) is 29.2 Å². The summed E-state index contributed by atoms with van der Waals surface area (Å²) in [7, 11) is 4.28. The van der Waals surface area contributed by atoms with Gasteiger partial charge in [0, 0.05) is 31.2 Å². The van der Waals surface area contributed by atoms with Gasteiger partial charge in [-0.25, -0.2) is 0 Å². The third-order valence-electron chi connectivity index (χ3n) is 5.40. The zero-order valence-electron chi connectivity index (χ0n) is 12.6. The molecule has 3 rings (SSSR count). The molecule has 3 aliphatic rings. The fourth-order valence-corrected chi connectivity index (χ4v) is 3.86. The zero-order chi connectivity index (χ0) is 14.3. The largest absolute Gasteiger partial charge is 0.480 e. The van der Waals surface area contributed by atoms with Crippen LogP contribution >= 0.6 is 0 Å². The average molecular weight is 281 g/mol. The highest BCUT2D eigenvalue weighted by atomic mass is 16.4. The molecule has 1 saturated heterocycles. The summed E-state index contributed by atoms with van der Waals surface area (Å²) in [5.74, 6) is -0.643. The Balaban J connectivity index is 1.61. The van der Waals surface area contributed by atoms with Crippen LogP contribution in [0, 0.1) is 0 Å². The van der Waals surface area contributed by atoms with Gasteiger partial charge in [-0.15, -0.1) is 0 Å². The highest BCUT2D eigenvalue weighted by Gasteiger charge is 2.49. The third kappa shape index (κ3) is 2.71. The van der Waals surface area contributed by atoms with Crippen molar-refractivity contribution in [3.05, 3.63) is 0 Å². The zero-order valence-corrected chi connectivity index (χ0v) is 12.6. The van der Waals surface area contributed by atoms with E-state index in [9.17, 15) is 9.90 Å². The molecule has 5 nitrogen and oxygen atoms in total. The lowest BCUT2D eigenvalue weighted by Crippen LogP contribution is -2.52. The SMILES string of the molecule is CN(C)C1CCN(C2CCC(NC3CC3)(C(=O)O)C2)C1. The van der Waals surface area contributed by atoms with Crippen molar-refractivity contribution in [2.24, 2.45) is 0 Å². The minimum absolute atomic E-state index is 0.447. The molecule has 3 atom stereocenters. The lowest BCUT2D eigenvalue weighted by molar-refractivity contribution is -0.145. The van der Waals surface area contributed by atoms with Crippen LogP contribution in [0.15, 0.2) is 0 Å². The lowest BCUT2D eigenvalue weighted by atomic mass is 9.97. The molecule has 3 fully saturated rings. The van der Waals surface area contributed by atoms with Crippen molar-refractivity contribution in [2.45, 2.75) is 62.2 Å². The molecular formula is C15H27N3O2. The van der Waals surface area contributed by atoms with Crippen LogP contribution in [0.3, 0.4) is 0 Å². The highest BCUT2D eigenvalue weighted by Crippen LogP contribution is 2.37. The van der Waals surface area contributed by atoms with Gasteiger partial charge in [0.1, 0.15) is 5.54 Å². The van der Waals surface area contributed by atoms with Crippen molar-refractivity contribution in [1.82, 2.24) is 15.1 Å². The standard InChI is InChI=1S/C15H27N3O2/c1-17(2)13-6-8-18(10-13)12-5-7-15(9-12,14(19)20)16-11-3-4-11/h11-13,16H,3-10H2,1-2H3,(H,19,20). The predicted molar refractivity (Wildman–Crippen MR) is 77.8 cm³/mol. The first-order valence-corrected chi connectivity index (χ1v) is 7.92. The van der Waals surface area contributed by atoms with Crippen molar-refractivity contribution in [2.75, 3.05) is 27.2 Å². The first-order chi connectivity index (χ1) is 9.50. The van der Waals surface area contributed by atoms with Crippen LogP contribution < -0.4 is 5.32 Å². The van der Waals surface area contributed by atoms with E-state index in [1.165, 1.54) is 6.42 Å². The van der Waals surface area contributed by atoms with Crippen LogP contribution in [-0.4, -0.2) is 71.7 Å². The minimum atomic E-state index is -0.651. The van der Waals surface area contributed by atoms with Crippen LogP contribution in [0.5, 0.6) is 0 Å². The van der Waals surface area contributed by atoms with Gasteiger partial charge in [0.2, 0.25) is 0 Å². The Bertz CT molecular complexity index is 383. The van der Waals surface area contributed by atoms with Crippen molar-refractivity contribution in [3.8, 4) is 0 Å². The summed E-state index contributed by atoms with van der Waals surface area (Å²) in [6.45, 7) is 2.21. The number of aliphatic carboxylic acids is 1. The summed E-state index contributed by atoms with van der Waals surface area (Å²) in [6.07, 6.45) is 6.08. The number of carboxylic acids is 1. The van der Waals surface area contributed by atoms with E-state index >= 15 is 0 Å². The second-order valence-electron chi connectivity index (χ2n) is 7.10. The fraction of sp³-hybridized carbons (Fsp3) is 0.933. The van der Waals surface area contributed by atoms with Crippen molar-refractivity contribution in [1.29, 1.82) is 0 Å². The maximum Gasteiger partial charge on any atom is 0.323 e. The van der Waals surface area contributed by atoms with E-state index in [0.29, 0.717) is 18.1 Å². The van der Waals surface area contributed by atoms with Gasteiger partial charge >= 0.3 is 5.97 Å². The number of hydrogen-bond acceptors (Lipinski definition) is 4. The molecule has 2 N–H and O–H groups in total. The summed E-state index contributed by atoms with van der Waals surface area (Å²) in [5, 5.41) is 13.1. The summed E-state index contributed by atoms with van der Waals surface area (Å²) >= 11 is 0. The molecule has 0 aromatic rings. The molecule has 2 aliphatic carbocycles. The second kappa shape index (κ2) is 5.28. The van der Waals surface area contributed by atoms with E-state index in [4.69, 9.17) is 0 Å². The molecule has 114 valence electrons. The molecule has 0 radical (unpaired) electrons. The summed E-state index contributed by atoms with van der Waals surface area (Å²) in [5.41, 5.74) is -0.651. The van der Waals surface area contributed by atoms with E-state index in [1.807, 2.05) is 0 Å². The summed E-state index contributed by atoms with van der Waals surface area (Å²) in [4.78, 5) is 16.5. The number of likely N-dealkylation sites (tertiary alicyclic amines) is 1. The Morgan fingerprint density at radius 2 is 2.05 bits per heavy atom. The van der Waals surface area contributed by atoms with Gasteiger partial charge in [-0.3, -0.25) is 15.0 Å². The van der Waals surface area contributed by atoms with Gasteiger partial charge < -0.3 is 10.0 Å². The second-order valence-corrected chi connectivity index (χ2v) is 7.10. The molecule has 5 heteroatoms. The van der Waals surface area contributed by atoms with Crippen molar-refractivity contribution in [3.63, 3.8) is 0 Å². The highest BCUT2D eigenvalue weighted by molar-refractivity contribution is 5.79. The quantitative estimate of drug-likeness (QED) is 0.779. The van der Waals surface area contributed by atoms with Gasteiger partial charge in [0.15, 0.2) is 0 Å². The van der Waals surface area contributed by atoms with Crippen LogP contribution in [0.1, 0.15) is 38.5 Å². The topological polar surface area (TPSA) is 55.8 Å². The number of carbonyl (C=O) groups is 1. The molecule has 1 heterocycles. The molecule has 0 spiro atoms. The molecule has 0 aromatic heterocycles. The minimum Gasteiger partial charge on any atom is -0.480 e. The first kappa shape index (κ1) is 14.3. The normalized spacial score (nSPS) is 38.8. The predicted octanol–water partition coefficient (Wildman–Crippen LogP) is 0.750. The van der Waals surface area contributed by atoms with Crippen LogP contribution in [0.2, 0.25) is 0 Å². The van der Waals surface area contributed by atoms with E-state index in [0.717, 1.165) is 45.2 Å². The van der Waals surface area contributed by atoms with Crippen LogP contribution in [0.25, 0.3) is 0 Å². The van der Waals surface area contributed by atoms with Gasteiger partial charge in [-0.1, -0.05) is 0 Å². The van der Waals surface area contributed by atoms with Crippen molar-refractivity contribution >= 4 is 5.97 Å². The molecule has 20 heavy (non-hydrogen) atoms. The monoisotopic (exact) mass is 281 g/mol. The molecule has 3 unspecified atom stereocenters. The molecule has 0 bridgehead atoms. The Morgan fingerprint density at radius 3 is 2.60 bits per heavy atom. The smallest absolute Gasteiger partial charge is 0.323 e. The number of likely N-dealkylation sites (N-methyl/N-ethyl adjacent to an activating group) is 1. The fourth-order valence-electron chi connectivity index (χ4n) is 3.86. The van der Waals surface area contributed by atoms with E-state index < -0.39 is 11.5 Å². The average Bonchev–Trinajstić information content (AvgIpc) is 2.92. The number of nitrogens with zero attached hydrogens (tertiary/aromatic N) is 2. The van der Waals surface area contributed by atoms with E-state index in [-0.39, 0.29) is 0 Å². The van der Waals surface area contributed by atoms with Gasteiger partial charge in [0.25, 0.3) is 0 Å². The summed E-state index contributed by atoms with van der Waals surface area (Å²) < 4.78 is 0. The molecule has 0 aromatic carbocycles. The number of hydrogen-bond donors (Lipinski definition) is 2. The molecule has 0 amide bonds. The molecule has 1 aliphatic heterocycles.